The van der Waals surface area contributed by atoms with E-state index in [2.05, 4.69) is 9.97 Å². The molecule has 6 heteroatoms. The van der Waals surface area contributed by atoms with Crippen LogP contribution in [0.2, 0.25) is 0 Å². The van der Waals surface area contributed by atoms with Gasteiger partial charge < -0.3 is 19.5 Å². The van der Waals surface area contributed by atoms with Crippen molar-refractivity contribution in [3.8, 4) is 0 Å². The van der Waals surface area contributed by atoms with E-state index in [4.69, 9.17) is 9.47 Å². The predicted molar refractivity (Wildman–Crippen MR) is 63.9 cm³/mol. The van der Waals surface area contributed by atoms with Gasteiger partial charge in [0.25, 0.3) is 0 Å². The highest BCUT2D eigenvalue weighted by Crippen LogP contribution is 2.15. The molecule has 1 heterocycles. The summed E-state index contributed by atoms with van der Waals surface area (Å²) in [4.78, 5) is 10.1. The Labute approximate surface area is 101 Å². The van der Waals surface area contributed by atoms with Crippen LogP contribution in [-0.2, 0) is 16.1 Å². The van der Waals surface area contributed by atoms with Gasteiger partial charge >= 0.3 is 0 Å². The fourth-order valence-corrected chi connectivity index (χ4v) is 1.47. The molecule has 0 unspecified atom stereocenters. The second kappa shape index (κ2) is 7.94. The van der Waals surface area contributed by atoms with Crippen molar-refractivity contribution in [1.82, 2.24) is 9.97 Å². The second-order valence-electron chi connectivity index (χ2n) is 3.50. The average molecular weight is 241 g/mol. The molecule has 96 valence electrons. The number of aliphatic hydroxyl groups is 1. The van der Waals surface area contributed by atoms with Crippen molar-refractivity contribution in [2.45, 2.75) is 6.61 Å². The van der Waals surface area contributed by atoms with Gasteiger partial charge in [-0.3, -0.25) is 0 Å². The van der Waals surface area contributed by atoms with E-state index in [-0.39, 0.29) is 6.61 Å². The molecule has 0 saturated carbocycles. The first-order valence-corrected chi connectivity index (χ1v) is 5.46. The van der Waals surface area contributed by atoms with Crippen molar-refractivity contribution < 1.29 is 14.6 Å². The zero-order valence-corrected chi connectivity index (χ0v) is 10.3. The lowest BCUT2D eigenvalue weighted by molar-refractivity contribution is 0.189. The molecule has 0 aromatic carbocycles. The lowest BCUT2D eigenvalue weighted by atomic mass is 10.3. The van der Waals surface area contributed by atoms with Gasteiger partial charge in [-0.1, -0.05) is 0 Å². The normalized spacial score (nSPS) is 10.5. The van der Waals surface area contributed by atoms with Gasteiger partial charge in [-0.2, -0.15) is 0 Å². The standard InChI is InChI=1S/C11H19N3O3/c1-16-5-3-14(4-6-17-2)11-10(8-15)7-12-9-13-11/h7,9,15H,3-6,8H2,1-2H3. The number of anilines is 1. The molecule has 1 N–H and O–H groups in total. The Morgan fingerprint density at radius 2 is 1.88 bits per heavy atom. The Bertz CT molecular complexity index is 315. The molecule has 6 nitrogen and oxygen atoms in total. The molecule has 1 aromatic heterocycles. The molecule has 0 aliphatic heterocycles. The van der Waals surface area contributed by atoms with Crippen molar-refractivity contribution in [3.05, 3.63) is 18.1 Å². The minimum Gasteiger partial charge on any atom is -0.391 e. The first-order valence-electron chi connectivity index (χ1n) is 5.46. The Kier molecular flexibility index (Phi) is 6.46. The summed E-state index contributed by atoms with van der Waals surface area (Å²) in [5.74, 6) is 0.733. The smallest absolute Gasteiger partial charge is 0.137 e. The van der Waals surface area contributed by atoms with Crippen molar-refractivity contribution in [2.75, 3.05) is 45.4 Å². The van der Waals surface area contributed by atoms with Gasteiger partial charge in [0, 0.05) is 39.1 Å². The van der Waals surface area contributed by atoms with Crippen molar-refractivity contribution in [1.29, 1.82) is 0 Å². The van der Waals surface area contributed by atoms with E-state index >= 15 is 0 Å². The average Bonchev–Trinajstić information content (AvgIpc) is 2.39. The molecule has 0 saturated heterocycles. The molecule has 0 aliphatic rings. The van der Waals surface area contributed by atoms with Gasteiger partial charge in [0.2, 0.25) is 0 Å². The van der Waals surface area contributed by atoms with Crippen LogP contribution >= 0.6 is 0 Å². The molecule has 0 amide bonds. The molecule has 0 atom stereocenters. The van der Waals surface area contributed by atoms with Gasteiger partial charge in [0.15, 0.2) is 0 Å². The third-order valence-corrected chi connectivity index (χ3v) is 2.36. The summed E-state index contributed by atoms with van der Waals surface area (Å²) in [5, 5.41) is 9.25. The number of hydrogen-bond acceptors (Lipinski definition) is 6. The number of aliphatic hydroxyl groups excluding tert-OH is 1. The van der Waals surface area contributed by atoms with Crippen LogP contribution in [0, 0.1) is 0 Å². The molecule has 1 aromatic rings. The Balaban J connectivity index is 2.78. The molecular weight excluding hydrogens is 222 g/mol. The summed E-state index contributed by atoms with van der Waals surface area (Å²) in [5.41, 5.74) is 0.708. The highest BCUT2D eigenvalue weighted by Gasteiger charge is 2.12. The van der Waals surface area contributed by atoms with Crippen LogP contribution in [0.1, 0.15) is 5.56 Å². The third kappa shape index (κ3) is 4.26. The monoisotopic (exact) mass is 241 g/mol. The minimum atomic E-state index is -0.0767. The highest BCUT2D eigenvalue weighted by molar-refractivity contribution is 5.44. The molecular formula is C11H19N3O3. The lowest BCUT2D eigenvalue weighted by Gasteiger charge is -2.24. The van der Waals surface area contributed by atoms with E-state index in [9.17, 15) is 5.11 Å². The van der Waals surface area contributed by atoms with E-state index in [0.29, 0.717) is 31.9 Å². The van der Waals surface area contributed by atoms with Crippen LogP contribution < -0.4 is 4.90 Å². The van der Waals surface area contributed by atoms with Crippen LogP contribution in [-0.4, -0.2) is 55.6 Å². The molecule has 17 heavy (non-hydrogen) atoms. The van der Waals surface area contributed by atoms with E-state index in [1.54, 1.807) is 20.4 Å². The van der Waals surface area contributed by atoms with Gasteiger partial charge in [0.1, 0.15) is 12.1 Å². The predicted octanol–water partition coefficient (Wildman–Crippen LogP) is 0.0681. The topological polar surface area (TPSA) is 67.7 Å². The summed E-state index contributed by atoms with van der Waals surface area (Å²) >= 11 is 0. The maximum absolute atomic E-state index is 9.25. The third-order valence-electron chi connectivity index (χ3n) is 2.36. The van der Waals surface area contributed by atoms with Crippen LogP contribution in [0.4, 0.5) is 5.82 Å². The second-order valence-corrected chi connectivity index (χ2v) is 3.50. The van der Waals surface area contributed by atoms with Crippen LogP contribution in [0.15, 0.2) is 12.5 Å². The van der Waals surface area contributed by atoms with Gasteiger partial charge in [-0.25, -0.2) is 9.97 Å². The van der Waals surface area contributed by atoms with E-state index in [1.165, 1.54) is 6.33 Å². The Hall–Kier alpha value is -1.24. The number of ether oxygens (including phenoxy) is 2. The lowest BCUT2D eigenvalue weighted by Crippen LogP contribution is -2.32. The Morgan fingerprint density at radius 3 is 2.41 bits per heavy atom. The van der Waals surface area contributed by atoms with Crippen molar-refractivity contribution in [3.63, 3.8) is 0 Å². The van der Waals surface area contributed by atoms with E-state index < -0.39 is 0 Å². The summed E-state index contributed by atoms with van der Waals surface area (Å²) in [6.45, 7) is 2.51. The highest BCUT2D eigenvalue weighted by atomic mass is 16.5. The first-order chi connectivity index (χ1) is 8.33. The van der Waals surface area contributed by atoms with E-state index in [0.717, 1.165) is 5.82 Å². The first kappa shape index (κ1) is 13.8. The number of hydrogen-bond donors (Lipinski definition) is 1. The summed E-state index contributed by atoms with van der Waals surface area (Å²) in [6.07, 6.45) is 3.09. The molecule has 0 aliphatic carbocycles. The summed E-state index contributed by atoms with van der Waals surface area (Å²) in [7, 11) is 3.31. The zero-order chi connectivity index (χ0) is 12.5. The molecule has 1 rings (SSSR count). The quantitative estimate of drug-likeness (QED) is 0.694. The SMILES string of the molecule is COCCN(CCOC)c1ncncc1CO. The zero-order valence-electron chi connectivity index (χ0n) is 10.3. The van der Waals surface area contributed by atoms with Crippen LogP contribution in [0.5, 0.6) is 0 Å². The summed E-state index contributed by atoms with van der Waals surface area (Å²) in [6, 6.07) is 0. The van der Waals surface area contributed by atoms with Crippen molar-refractivity contribution in [2.24, 2.45) is 0 Å². The maximum atomic E-state index is 9.25. The summed E-state index contributed by atoms with van der Waals surface area (Å²) < 4.78 is 10.1. The fourth-order valence-electron chi connectivity index (χ4n) is 1.47. The molecule has 0 spiro atoms. The Morgan fingerprint density at radius 1 is 1.24 bits per heavy atom. The largest absolute Gasteiger partial charge is 0.391 e. The fraction of sp³-hybridized carbons (Fsp3) is 0.636. The minimum absolute atomic E-state index is 0.0767. The van der Waals surface area contributed by atoms with Gasteiger partial charge in [-0.15, -0.1) is 0 Å². The number of aromatic nitrogens is 2. The molecule has 0 bridgehead atoms. The van der Waals surface area contributed by atoms with Crippen molar-refractivity contribution >= 4 is 5.82 Å². The maximum Gasteiger partial charge on any atom is 0.137 e. The van der Waals surface area contributed by atoms with Crippen LogP contribution in [0.25, 0.3) is 0 Å². The number of methoxy groups -OCH3 is 2. The number of nitrogens with zero attached hydrogens (tertiary/aromatic N) is 3. The number of rotatable bonds is 8. The van der Waals surface area contributed by atoms with Crippen LogP contribution in [0.3, 0.4) is 0 Å². The van der Waals surface area contributed by atoms with Gasteiger partial charge in [-0.05, 0) is 0 Å². The van der Waals surface area contributed by atoms with E-state index in [1.807, 2.05) is 4.90 Å². The van der Waals surface area contributed by atoms with Gasteiger partial charge in [0.05, 0.1) is 19.8 Å². The molecule has 0 fully saturated rings. The molecule has 0 radical (unpaired) electrons.